The van der Waals surface area contributed by atoms with Gasteiger partial charge < -0.3 is 14.8 Å². The Balaban J connectivity index is 2.28. The molecular weight excluding hydrogens is 216 g/mol. The fraction of sp³-hybridized carbons (Fsp3) is 0.615. The first-order chi connectivity index (χ1) is 7.99. The monoisotopic (exact) mass is 236 g/mol. The van der Waals surface area contributed by atoms with Gasteiger partial charge in [0.1, 0.15) is 5.60 Å². The molecule has 1 aliphatic carbocycles. The molecule has 0 aromatic carbocycles. The van der Waals surface area contributed by atoms with Gasteiger partial charge in [-0.25, -0.2) is 0 Å². The van der Waals surface area contributed by atoms with E-state index in [1.165, 1.54) is 0 Å². The molecule has 0 aliphatic heterocycles. The van der Waals surface area contributed by atoms with Crippen LogP contribution in [0.2, 0.25) is 0 Å². The van der Waals surface area contributed by atoms with Crippen molar-refractivity contribution < 1.29 is 9.47 Å². The van der Waals surface area contributed by atoms with Crippen molar-refractivity contribution in [2.45, 2.75) is 45.3 Å². The number of pyridine rings is 1. The number of hydrogen-bond acceptors (Lipinski definition) is 4. The maximum Gasteiger partial charge on any atom is 0.188 e. The van der Waals surface area contributed by atoms with E-state index >= 15 is 0 Å². The van der Waals surface area contributed by atoms with E-state index < -0.39 is 0 Å². The number of ether oxygens (including phenoxy) is 2. The molecule has 0 bridgehead atoms. The topological polar surface area (TPSA) is 43.4 Å². The zero-order valence-corrected chi connectivity index (χ0v) is 10.9. The predicted molar refractivity (Wildman–Crippen MR) is 67.8 cm³/mol. The van der Waals surface area contributed by atoms with Gasteiger partial charge in [0.2, 0.25) is 0 Å². The van der Waals surface area contributed by atoms with Crippen LogP contribution in [-0.2, 0) is 0 Å². The zero-order valence-electron chi connectivity index (χ0n) is 10.9. The van der Waals surface area contributed by atoms with E-state index in [1.54, 1.807) is 12.4 Å². The van der Waals surface area contributed by atoms with Crippen LogP contribution in [0, 0.1) is 0 Å². The van der Waals surface area contributed by atoms with Crippen molar-refractivity contribution in [1.82, 2.24) is 4.98 Å². The van der Waals surface area contributed by atoms with E-state index in [9.17, 15) is 0 Å². The fourth-order valence-corrected chi connectivity index (χ4v) is 1.47. The summed E-state index contributed by atoms with van der Waals surface area (Å²) in [5.74, 6) is 1.48. The summed E-state index contributed by atoms with van der Waals surface area (Å²) in [4.78, 5) is 4.16. The number of anilines is 1. The number of hydrogen-bond donors (Lipinski definition) is 1. The van der Waals surface area contributed by atoms with Gasteiger partial charge in [0, 0.05) is 7.05 Å². The summed E-state index contributed by atoms with van der Waals surface area (Å²) in [6, 6.07) is 0. The Morgan fingerprint density at radius 1 is 1.29 bits per heavy atom. The molecule has 1 fully saturated rings. The van der Waals surface area contributed by atoms with Gasteiger partial charge in [0.25, 0.3) is 0 Å². The number of nitrogens with zero attached hydrogens (tertiary/aromatic N) is 1. The highest BCUT2D eigenvalue weighted by molar-refractivity contribution is 5.61. The molecular formula is C13H20N2O2. The van der Waals surface area contributed by atoms with E-state index in [1.807, 2.05) is 27.8 Å². The lowest BCUT2D eigenvalue weighted by molar-refractivity contribution is 0.123. The van der Waals surface area contributed by atoms with E-state index in [2.05, 4.69) is 10.3 Å². The summed E-state index contributed by atoms with van der Waals surface area (Å²) >= 11 is 0. The third kappa shape index (κ3) is 3.25. The summed E-state index contributed by atoms with van der Waals surface area (Å²) < 4.78 is 11.8. The van der Waals surface area contributed by atoms with Crippen LogP contribution in [0.25, 0.3) is 0 Å². The quantitative estimate of drug-likeness (QED) is 0.873. The lowest BCUT2D eigenvalue weighted by Gasteiger charge is -2.24. The third-order valence-corrected chi connectivity index (χ3v) is 2.36. The molecule has 1 N–H and O–H groups in total. The molecule has 94 valence electrons. The molecule has 0 spiro atoms. The van der Waals surface area contributed by atoms with Crippen LogP contribution in [0.15, 0.2) is 12.4 Å². The Morgan fingerprint density at radius 2 is 2.00 bits per heavy atom. The van der Waals surface area contributed by atoms with Crippen molar-refractivity contribution >= 4 is 5.69 Å². The van der Waals surface area contributed by atoms with Gasteiger partial charge in [-0.3, -0.25) is 4.98 Å². The minimum absolute atomic E-state index is 0.255. The lowest BCUT2D eigenvalue weighted by Crippen LogP contribution is -2.24. The average molecular weight is 236 g/mol. The first-order valence-corrected chi connectivity index (χ1v) is 6.01. The van der Waals surface area contributed by atoms with Crippen LogP contribution < -0.4 is 14.8 Å². The molecule has 1 heterocycles. The van der Waals surface area contributed by atoms with Crippen LogP contribution in [0.4, 0.5) is 5.69 Å². The summed E-state index contributed by atoms with van der Waals surface area (Å²) in [7, 11) is 1.85. The van der Waals surface area contributed by atoms with Gasteiger partial charge in [-0.1, -0.05) is 0 Å². The Bertz CT molecular complexity index is 395. The molecule has 1 aromatic heterocycles. The molecule has 0 amide bonds. The minimum Gasteiger partial charge on any atom is -0.485 e. The molecule has 4 heteroatoms. The molecule has 1 aliphatic rings. The van der Waals surface area contributed by atoms with E-state index in [-0.39, 0.29) is 5.60 Å². The molecule has 4 nitrogen and oxygen atoms in total. The first kappa shape index (κ1) is 12.0. The molecule has 2 rings (SSSR count). The van der Waals surface area contributed by atoms with Gasteiger partial charge >= 0.3 is 0 Å². The highest BCUT2D eigenvalue weighted by atomic mass is 16.5. The Hall–Kier alpha value is -1.45. The SMILES string of the molecule is CNc1cncc(OC2CC2)c1OC(C)(C)C. The van der Waals surface area contributed by atoms with Crippen molar-refractivity contribution in [2.24, 2.45) is 0 Å². The van der Waals surface area contributed by atoms with E-state index in [0.29, 0.717) is 6.10 Å². The zero-order chi connectivity index (χ0) is 12.5. The summed E-state index contributed by atoms with van der Waals surface area (Å²) in [6.45, 7) is 6.06. The normalized spacial score (nSPS) is 15.5. The highest BCUT2D eigenvalue weighted by Gasteiger charge is 2.27. The second kappa shape index (κ2) is 4.43. The number of aromatic nitrogens is 1. The highest BCUT2D eigenvalue weighted by Crippen LogP contribution is 2.39. The fourth-order valence-electron chi connectivity index (χ4n) is 1.47. The molecule has 0 unspecified atom stereocenters. The Labute approximate surface area is 102 Å². The minimum atomic E-state index is -0.255. The van der Waals surface area contributed by atoms with Crippen molar-refractivity contribution in [3.63, 3.8) is 0 Å². The Kier molecular flexibility index (Phi) is 3.13. The Morgan fingerprint density at radius 3 is 2.53 bits per heavy atom. The lowest BCUT2D eigenvalue weighted by atomic mass is 10.2. The van der Waals surface area contributed by atoms with Gasteiger partial charge in [-0.15, -0.1) is 0 Å². The van der Waals surface area contributed by atoms with Crippen LogP contribution >= 0.6 is 0 Å². The van der Waals surface area contributed by atoms with Crippen molar-refractivity contribution in [3.8, 4) is 11.5 Å². The molecule has 1 aromatic rings. The maximum atomic E-state index is 5.96. The molecule has 1 saturated carbocycles. The van der Waals surface area contributed by atoms with Crippen molar-refractivity contribution in [2.75, 3.05) is 12.4 Å². The second-order valence-corrected chi connectivity index (χ2v) is 5.30. The average Bonchev–Trinajstić information content (AvgIpc) is 3.02. The summed E-state index contributed by atoms with van der Waals surface area (Å²) in [5, 5.41) is 3.08. The first-order valence-electron chi connectivity index (χ1n) is 6.01. The third-order valence-electron chi connectivity index (χ3n) is 2.36. The summed E-state index contributed by atoms with van der Waals surface area (Å²) in [5.41, 5.74) is 0.604. The number of rotatable bonds is 4. The van der Waals surface area contributed by atoms with Gasteiger partial charge in [-0.05, 0) is 33.6 Å². The standard InChI is InChI=1S/C13H20N2O2/c1-13(2,3)17-12-10(14-4)7-15-8-11(12)16-9-5-6-9/h7-9,14H,5-6H2,1-4H3. The predicted octanol–water partition coefficient (Wildman–Crippen LogP) is 2.84. The van der Waals surface area contributed by atoms with Crippen LogP contribution in [0.3, 0.4) is 0 Å². The largest absolute Gasteiger partial charge is 0.485 e. The van der Waals surface area contributed by atoms with Crippen LogP contribution in [0.5, 0.6) is 11.5 Å². The molecule has 0 atom stereocenters. The van der Waals surface area contributed by atoms with Crippen molar-refractivity contribution in [3.05, 3.63) is 12.4 Å². The van der Waals surface area contributed by atoms with E-state index in [4.69, 9.17) is 9.47 Å². The van der Waals surface area contributed by atoms with Crippen LogP contribution in [-0.4, -0.2) is 23.7 Å². The van der Waals surface area contributed by atoms with Gasteiger partial charge in [0.05, 0.1) is 24.2 Å². The number of nitrogens with one attached hydrogen (secondary N) is 1. The molecule has 0 radical (unpaired) electrons. The van der Waals surface area contributed by atoms with E-state index in [0.717, 1.165) is 30.0 Å². The molecule has 0 saturated heterocycles. The maximum absolute atomic E-state index is 5.96. The van der Waals surface area contributed by atoms with Crippen LogP contribution in [0.1, 0.15) is 33.6 Å². The van der Waals surface area contributed by atoms with Crippen molar-refractivity contribution in [1.29, 1.82) is 0 Å². The van der Waals surface area contributed by atoms with Gasteiger partial charge in [0.15, 0.2) is 11.5 Å². The molecule has 17 heavy (non-hydrogen) atoms. The summed E-state index contributed by atoms with van der Waals surface area (Å²) in [6.07, 6.45) is 6.06. The smallest absolute Gasteiger partial charge is 0.188 e. The second-order valence-electron chi connectivity index (χ2n) is 5.30. The van der Waals surface area contributed by atoms with Gasteiger partial charge in [-0.2, -0.15) is 0 Å².